The first-order valence-corrected chi connectivity index (χ1v) is 6.49. The first-order valence-electron chi connectivity index (χ1n) is 6.49. The number of piperidine rings is 1. The third-order valence-corrected chi connectivity index (χ3v) is 3.18. The zero-order valence-electron chi connectivity index (χ0n) is 11.5. The lowest BCUT2D eigenvalue weighted by Crippen LogP contribution is -2.53. The Morgan fingerprint density at radius 3 is 2.76 bits per heavy atom. The summed E-state index contributed by atoms with van der Waals surface area (Å²) in [5, 5.41) is 3.42. The predicted octanol–water partition coefficient (Wildman–Crippen LogP) is 0.392. The maximum Gasteiger partial charge on any atom is 0.205 e. The summed E-state index contributed by atoms with van der Waals surface area (Å²) < 4.78 is 0. The molecule has 1 rings (SSSR count). The SMILES string of the molecule is CC(C)CN=C(NN)NC1CCN(C)CC1C. The van der Waals surface area contributed by atoms with Gasteiger partial charge in [-0.3, -0.25) is 10.4 Å². The van der Waals surface area contributed by atoms with Crippen LogP contribution in [-0.4, -0.2) is 43.6 Å². The van der Waals surface area contributed by atoms with Gasteiger partial charge in [0.15, 0.2) is 0 Å². The molecule has 1 aliphatic heterocycles. The first-order chi connectivity index (χ1) is 8.02. The average Bonchev–Trinajstić information content (AvgIpc) is 2.26. The van der Waals surface area contributed by atoms with Crippen LogP contribution in [0.3, 0.4) is 0 Å². The fourth-order valence-electron chi connectivity index (χ4n) is 2.15. The van der Waals surface area contributed by atoms with E-state index in [1.54, 1.807) is 0 Å². The highest BCUT2D eigenvalue weighted by molar-refractivity contribution is 5.79. The maximum absolute atomic E-state index is 5.50. The molecule has 2 atom stereocenters. The largest absolute Gasteiger partial charge is 0.352 e. The second kappa shape index (κ2) is 6.81. The van der Waals surface area contributed by atoms with Gasteiger partial charge in [0.2, 0.25) is 5.96 Å². The zero-order chi connectivity index (χ0) is 12.8. The van der Waals surface area contributed by atoms with Crippen LogP contribution in [0.25, 0.3) is 0 Å². The minimum absolute atomic E-state index is 0.466. The number of hydrogen-bond donors (Lipinski definition) is 3. The number of nitrogens with one attached hydrogen (secondary N) is 2. The number of guanidine groups is 1. The van der Waals surface area contributed by atoms with Gasteiger partial charge in [0.05, 0.1) is 0 Å². The fraction of sp³-hybridized carbons (Fsp3) is 0.917. The van der Waals surface area contributed by atoms with Gasteiger partial charge < -0.3 is 10.2 Å². The monoisotopic (exact) mass is 241 g/mol. The molecule has 2 unspecified atom stereocenters. The van der Waals surface area contributed by atoms with Crippen molar-refractivity contribution in [3.05, 3.63) is 0 Å². The molecule has 0 aliphatic carbocycles. The normalized spacial score (nSPS) is 27.3. The van der Waals surface area contributed by atoms with Gasteiger partial charge in [0.25, 0.3) is 0 Å². The van der Waals surface area contributed by atoms with Gasteiger partial charge in [0.1, 0.15) is 0 Å². The van der Waals surface area contributed by atoms with E-state index < -0.39 is 0 Å². The van der Waals surface area contributed by atoms with Gasteiger partial charge in [-0.2, -0.15) is 0 Å². The lowest BCUT2D eigenvalue weighted by molar-refractivity contribution is 0.186. The summed E-state index contributed by atoms with van der Waals surface area (Å²) in [6, 6.07) is 0.466. The van der Waals surface area contributed by atoms with Crippen LogP contribution in [0.5, 0.6) is 0 Å². The minimum atomic E-state index is 0.466. The van der Waals surface area contributed by atoms with Crippen LogP contribution in [-0.2, 0) is 0 Å². The van der Waals surface area contributed by atoms with E-state index in [0.29, 0.717) is 17.9 Å². The van der Waals surface area contributed by atoms with Gasteiger partial charge in [-0.05, 0) is 31.8 Å². The molecule has 0 aromatic rings. The van der Waals surface area contributed by atoms with Gasteiger partial charge in [-0.25, -0.2) is 5.84 Å². The van der Waals surface area contributed by atoms with E-state index in [1.807, 2.05) is 0 Å². The van der Waals surface area contributed by atoms with Gasteiger partial charge in [-0.1, -0.05) is 20.8 Å². The lowest BCUT2D eigenvalue weighted by Gasteiger charge is -2.35. The number of hydrogen-bond acceptors (Lipinski definition) is 3. The summed E-state index contributed by atoms with van der Waals surface area (Å²) in [7, 11) is 2.17. The Balaban J connectivity index is 2.47. The first kappa shape index (κ1) is 14.3. The topological polar surface area (TPSA) is 65.7 Å². The van der Waals surface area contributed by atoms with E-state index >= 15 is 0 Å². The molecule has 0 saturated carbocycles. The number of hydrazine groups is 1. The van der Waals surface area contributed by atoms with Crippen LogP contribution >= 0.6 is 0 Å². The number of nitrogens with two attached hydrogens (primary N) is 1. The quantitative estimate of drug-likeness (QED) is 0.289. The Hall–Kier alpha value is -0.810. The Kier molecular flexibility index (Phi) is 5.71. The maximum atomic E-state index is 5.50. The standard InChI is InChI=1S/C12H27N5/c1-9(2)7-14-12(16-13)15-11-5-6-17(4)8-10(11)3/h9-11H,5-8,13H2,1-4H3,(H2,14,15,16). The molecule has 0 bridgehead atoms. The van der Waals surface area contributed by atoms with Crippen LogP contribution in [0, 0.1) is 11.8 Å². The van der Waals surface area contributed by atoms with Crippen molar-refractivity contribution in [3.63, 3.8) is 0 Å². The predicted molar refractivity (Wildman–Crippen MR) is 72.7 cm³/mol. The summed E-state index contributed by atoms with van der Waals surface area (Å²) in [6.45, 7) is 9.62. The molecule has 0 aromatic carbocycles. The molecule has 0 amide bonds. The number of likely N-dealkylation sites (tertiary alicyclic amines) is 1. The minimum Gasteiger partial charge on any atom is -0.352 e. The Labute approximate surface area is 105 Å². The van der Waals surface area contributed by atoms with Crippen molar-refractivity contribution < 1.29 is 0 Å². The van der Waals surface area contributed by atoms with E-state index in [2.05, 4.69) is 48.5 Å². The molecule has 0 radical (unpaired) electrons. The second-order valence-electron chi connectivity index (χ2n) is 5.51. The third kappa shape index (κ3) is 4.91. The summed E-state index contributed by atoms with van der Waals surface area (Å²) in [6.07, 6.45) is 1.14. The van der Waals surface area contributed by atoms with Crippen molar-refractivity contribution in [1.82, 2.24) is 15.6 Å². The molecule has 4 N–H and O–H groups in total. The third-order valence-electron chi connectivity index (χ3n) is 3.18. The zero-order valence-corrected chi connectivity index (χ0v) is 11.5. The van der Waals surface area contributed by atoms with Gasteiger partial charge >= 0.3 is 0 Å². The van der Waals surface area contributed by atoms with Crippen LogP contribution < -0.4 is 16.6 Å². The molecule has 1 saturated heterocycles. The molecule has 5 nitrogen and oxygen atoms in total. The van der Waals surface area contributed by atoms with Crippen LogP contribution in [0.15, 0.2) is 4.99 Å². The van der Waals surface area contributed by atoms with Crippen molar-refractivity contribution in [2.24, 2.45) is 22.7 Å². The van der Waals surface area contributed by atoms with Crippen molar-refractivity contribution in [2.75, 3.05) is 26.7 Å². The van der Waals surface area contributed by atoms with Crippen molar-refractivity contribution in [1.29, 1.82) is 0 Å². The van der Waals surface area contributed by atoms with Crippen molar-refractivity contribution >= 4 is 5.96 Å². The molecule has 1 aliphatic rings. The lowest BCUT2D eigenvalue weighted by atomic mass is 9.94. The van der Waals surface area contributed by atoms with E-state index in [4.69, 9.17) is 5.84 Å². The Morgan fingerprint density at radius 1 is 1.53 bits per heavy atom. The van der Waals surface area contributed by atoms with Gasteiger partial charge in [-0.15, -0.1) is 0 Å². The molecule has 100 valence electrons. The fourth-order valence-corrected chi connectivity index (χ4v) is 2.15. The van der Waals surface area contributed by atoms with Crippen LogP contribution in [0.4, 0.5) is 0 Å². The van der Waals surface area contributed by atoms with Crippen LogP contribution in [0.1, 0.15) is 27.2 Å². The van der Waals surface area contributed by atoms with E-state index in [1.165, 1.54) is 0 Å². The number of nitrogens with zero attached hydrogens (tertiary/aromatic N) is 2. The molecule has 0 aromatic heterocycles. The summed E-state index contributed by atoms with van der Waals surface area (Å²) in [4.78, 5) is 6.81. The molecule has 0 spiro atoms. The molecular weight excluding hydrogens is 214 g/mol. The number of rotatable bonds is 3. The van der Waals surface area contributed by atoms with E-state index in [0.717, 1.165) is 32.0 Å². The highest BCUT2D eigenvalue weighted by atomic mass is 15.3. The molecular formula is C12H27N5. The van der Waals surface area contributed by atoms with Gasteiger partial charge in [0, 0.05) is 19.1 Å². The van der Waals surface area contributed by atoms with Crippen LogP contribution in [0.2, 0.25) is 0 Å². The molecule has 5 heteroatoms. The summed E-state index contributed by atoms with van der Waals surface area (Å²) in [5.74, 6) is 7.39. The summed E-state index contributed by atoms with van der Waals surface area (Å²) in [5.41, 5.74) is 2.66. The van der Waals surface area contributed by atoms with Crippen molar-refractivity contribution in [2.45, 2.75) is 33.2 Å². The molecule has 1 fully saturated rings. The highest BCUT2D eigenvalue weighted by Crippen LogP contribution is 2.15. The summed E-state index contributed by atoms with van der Waals surface area (Å²) >= 11 is 0. The van der Waals surface area contributed by atoms with Crippen molar-refractivity contribution in [3.8, 4) is 0 Å². The molecule has 17 heavy (non-hydrogen) atoms. The molecule has 1 heterocycles. The Morgan fingerprint density at radius 2 is 2.24 bits per heavy atom. The Bertz CT molecular complexity index is 251. The van der Waals surface area contributed by atoms with E-state index in [9.17, 15) is 0 Å². The highest BCUT2D eigenvalue weighted by Gasteiger charge is 2.24. The smallest absolute Gasteiger partial charge is 0.205 e. The second-order valence-corrected chi connectivity index (χ2v) is 5.51. The number of aliphatic imine (C=N–C) groups is 1. The average molecular weight is 241 g/mol. The van der Waals surface area contributed by atoms with E-state index in [-0.39, 0.29) is 0 Å².